The highest BCUT2D eigenvalue weighted by atomic mass is 79.9. The number of fused-ring (bicyclic) bond motifs is 1. The van der Waals surface area contributed by atoms with Crippen molar-refractivity contribution in [3.05, 3.63) is 63.6 Å². The second-order valence-corrected chi connectivity index (χ2v) is 6.16. The third kappa shape index (κ3) is 3.00. The number of thiazole rings is 1. The lowest BCUT2D eigenvalue weighted by Gasteiger charge is -2.08. The molecule has 0 aliphatic heterocycles. The summed E-state index contributed by atoms with van der Waals surface area (Å²) >= 11 is 4.75. The fourth-order valence-electron chi connectivity index (χ4n) is 1.89. The van der Waals surface area contributed by atoms with E-state index in [0.29, 0.717) is 15.6 Å². The smallest absolute Gasteiger partial charge is 0.267 e. The third-order valence-electron chi connectivity index (χ3n) is 3.00. The van der Waals surface area contributed by atoms with Gasteiger partial charge >= 0.3 is 0 Å². The van der Waals surface area contributed by atoms with Crippen molar-refractivity contribution in [3.63, 3.8) is 0 Å². The van der Waals surface area contributed by atoms with Crippen LogP contribution in [-0.2, 0) is 0 Å². The van der Waals surface area contributed by atoms with Crippen molar-refractivity contribution in [1.29, 1.82) is 0 Å². The Kier molecular flexibility index (Phi) is 4.17. The van der Waals surface area contributed by atoms with Gasteiger partial charge in [0.1, 0.15) is 0 Å². The van der Waals surface area contributed by atoms with Crippen molar-refractivity contribution < 1.29 is 9.59 Å². The molecule has 2 amide bonds. The first-order chi connectivity index (χ1) is 10.6. The van der Waals surface area contributed by atoms with E-state index in [2.05, 4.69) is 31.8 Å². The van der Waals surface area contributed by atoms with Gasteiger partial charge in [0.05, 0.1) is 21.3 Å². The molecule has 0 bridgehead atoms. The molecule has 3 rings (SSSR count). The number of carbonyl (C=O) groups excluding carboxylic acids is 2. The van der Waals surface area contributed by atoms with Crippen LogP contribution in [0.25, 0.3) is 10.2 Å². The maximum Gasteiger partial charge on any atom is 0.270 e. The number of rotatable bonds is 2. The molecule has 7 heteroatoms. The highest BCUT2D eigenvalue weighted by molar-refractivity contribution is 9.10. The van der Waals surface area contributed by atoms with Crippen LogP contribution >= 0.6 is 27.3 Å². The largest absolute Gasteiger partial charge is 0.270 e. The number of amides is 2. The van der Waals surface area contributed by atoms with Gasteiger partial charge in [-0.2, -0.15) is 0 Å². The van der Waals surface area contributed by atoms with Gasteiger partial charge in [-0.15, -0.1) is 11.3 Å². The summed E-state index contributed by atoms with van der Waals surface area (Å²) in [5.74, 6) is -0.768. The maximum absolute atomic E-state index is 12.1. The van der Waals surface area contributed by atoms with Gasteiger partial charge in [-0.3, -0.25) is 20.4 Å². The first-order valence-electron chi connectivity index (χ1n) is 6.33. The van der Waals surface area contributed by atoms with E-state index in [1.165, 1.54) is 11.3 Å². The molecular weight excluding hydrogens is 366 g/mol. The lowest BCUT2D eigenvalue weighted by atomic mass is 10.2. The molecule has 110 valence electrons. The summed E-state index contributed by atoms with van der Waals surface area (Å²) in [6.07, 6.45) is 0. The van der Waals surface area contributed by atoms with Gasteiger partial charge in [0.15, 0.2) is 0 Å². The Labute approximate surface area is 138 Å². The lowest BCUT2D eigenvalue weighted by Crippen LogP contribution is -2.41. The molecule has 0 fully saturated rings. The van der Waals surface area contributed by atoms with Crippen LogP contribution in [0.5, 0.6) is 0 Å². The van der Waals surface area contributed by atoms with E-state index in [1.807, 2.05) is 6.07 Å². The van der Waals surface area contributed by atoms with E-state index in [4.69, 9.17) is 0 Å². The van der Waals surface area contributed by atoms with Crippen molar-refractivity contribution in [3.8, 4) is 0 Å². The van der Waals surface area contributed by atoms with Crippen molar-refractivity contribution in [2.75, 3.05) is 0 Å². The second-order valence-electron chi connectivity index (χ2n) is 4.42. The minimum atomic E-state index is -0.389. The molecule has 2 N–H and O–H groups in total. The predicted molar refractivity (Wildman–Crippen MR) is 88.7 cm³/mol. The summed E-state index contributed by atoms with van der Waals surface area (Å²) in [7, 11) is 0. The molecule has 3 aromatic rings. The first kappa shape index (κ1) is 14.7. The highest BCUT2D eigenvalue weighted by Gasteiger charge is 2.12. The highest BCUT2D eigenvalue weighted by Crippen LogP contribution is 2.19. The monoisotopic (exact) mass is 375 g/mol. The summed E-state index contributed by atoms with van der Waals surface area (Å²) in [6, 6.07) is 12.2. The van der Waals surface area contributed by atoms with E-state index in [-0.39, 0.29) is 11.8 Å². The predicted octanol–water partition coefficient (Wildman–Crippen LogP) is 3.13. The third-order valence-corrected chi connectivity index (χ3v) is 4.48. The summed E-state index contributed by atoms with van der Waals surface area (Å²) < 4.78 is 1.58. The van der Waals surface area contributed by atoms with Crippen LogP contribution in [0.3, 0.4) is 0 Å². The Morgan fingerprint density at radius 2 is 1.82 bits per heavy atom. The Morgan fingerprint density at radius 1 is 1.05 bits per heavy atom. The van der Waals surface area contributed by atoms with Gasteiger partial charge in [0, 0.05) is 10.0 Å². The zero-order valence-corrected chi connectivity index (χ0v) is 13.6. The maximum atomic E-state index is 12.1. The number of nitrogens with one attached hydrogen (secondary N) is 2. The molecule has 22 heavy (non-hydrogen) atoms. The SMILES string of the molecule is O=C(NNC(=O)c1ccccc1Br)c1ccc2ncsc2c1. The zero-order valence-electron chi connectivity index (χ0n) is 11.2. The fourth-order valence-corrected chi connectivity index (χ4v) is 3.08. The second kappa shape index (κ2) is 6.25. The van der Waals surface area contributed by atoms with E-state index in [1.54, 1.807) is 41.9 Å². The lowest BCUT2D eigenvalue weighted by molar-refractivity contribution is 0.0846. The van der Waals surface area contributed by atoms with Crippen molar-refractivity contribution in [1.82, 2.24) is 15.8 Å². The molecule has 0 saturated heterocycles. The van der Waals surface area contributed by atoms with E-state index in [0.717, 1.165) is 10.2 Å². The summed E-state index contributed by atoms with van der Waals surface area (Å²) in [4.78, 5) is 28.2. The number of nitrogens with zero attached hydrogens (tertiary/aromatic N) is 1. The Bertz CT molecular complexity index is 863. The molecule has 1 heterocycles. The fraction of sp³-hybridized carbons (Fsp3) is 0. The Morgan fingerprint density at radius 3 is 2.64 bits per heavy atom. The molecule has 5 nitrogen and oxygen atoms in total. The number of hydrazine groups is 1. The van der Waals surface area contributed by atoms with Gasteiger partial charge in [0.2, 0.25) is 0 Å². The number of aromatic nitrogens is 1. The molecule has 0 aliphatic carbocycles. The van der Waals surface area contributed by atoms with E-state index < -0.39 is 0 Å². The van der Waals surface area contributed by atoms with Crippen molar-refractivity contribution >= 4 is 49.3 Å². The number of carbonyl (C=O) groups is 2. The zero-order chi connectivity index (χ0) is 15.5. The van der Waals surface area contributed by atoms with Crippen molar-refractivity contribution in [2.45, 2.75) is 0 Å². The van der Waals surface area contributed by atoms with Crippen LogP contribution in [0.4, 0.5) is 0 Å². The minimum absolute atomic E-state index is 0.379. The van der Waals surface area contributed by atoms with Crippen LogP contribution in [0.15, 0.2) is 52.4 Å². The Hall–Kier alpha value is -2.25. The summed E-state index contributed by atoms with van der Waals surface area (Å²) in [6.45, 7) is 0. The normalized spacial score (nSPS) is 10.4. The molecular formula is C15H10BrN3O2S. The average molecular weight is 376 g/mol. The standard InChI is InChI=1S/C15H10BrN3O2S/c16-11-4-2-1-3-10(11)15(21)19-18-14(20)9-5-6-12-13(7-9)22-8-17-12/h1-8H,(H,18,20)(H,19,21). The molecule has 1 aromatic heterocycles. The molecule has 0 unspecified atom stereocenters. The van der Waals surface area contributed by atoms with Crippen LogP contribution in [0, 0.1) is 0 Å². The molecule has 2 aromatic carbocycles. The quantitative estimate of drug-likeness (QED) is 0.675. The molecule has 0 radical (unpaired) electrons. The van der Waals surface area contributed by atoms with Crippen LogP contribution < -0.4 is 10.9 Å². The summed E-state index contributed by atoms with van der Waals surface area (Å²) in [5.41, 5.74) is 8.28. The van der Waals surface area contributed by atoms with Gasteiger partial charge in [-0.25, -0.2) is 4.98 Å². The number of hydrogen-bond acceptors (Lipinski definition) is 4. The van der Waals surface area contributed by atoms with E-state index >= 15 is 0 Å². The van der Waals surface area contributed by atoms with Crippen LogP contribution in [0.1, 0.15) is 20.7 Å². The first-order valence-corrected chi connectivity index (χ1v) is 8.01. The number of benzene rings is 2. The van der Waals surface area contributed by atoms with Crippen LogP contribution in [0.2, 0.25) is 0 Å². The molecule has 0 spiro atoms. The van der Waals surface area contributed by atoms with Gasteiger partial charge in [-0.05, 0) is 46.3 Å². The molecule has 0 saturated carbocycles. The van der Waals surface area contributed by atoms with Crippen molar-refractivity contribution in [2.24, 2.45) is 0 Å². The molecule has 0 atom stereocenters. The van der Waals surface area contributed by atoms with Gasteiger partial charge in [-0.1, -0.05) is 12.1 Å². The Balaban J connectivity index is 1.69. The summed E-state index contributed by atoms with van der Waals surface area (Å²) in [5, 5.41) is 0. The van der Waals surface area contributed by atoms with E-state index in [9.17, 15) is 9.59 Å². The van der Waals surface area contributed by atoms with Crippen LogP contribution in [-0.4, -0.2) is 16.8 Å². The topological polar surface area (TPSA) is 71.1 Å². The molecule has 0 aliphatic rings. The van der Waals surface area contributed by atoms with Gasteiger partial charge in [0.25, 0.3) is 11.8 Å². The minimum Gasteiger partial charge on any atom is -0.267 e. The number of halogens is 1. The average Bonchev–Trinajstić information content (AvgIpc) is 3.00. The van der Waals surface area contributed by atoms with Gasteiger partial charge < -0.3 is 0 Å². The number of hydrogen-bond donors (Lipinski definition) is 2.